The van der Waals surface area contributed by atoms with Gasteiger partial charge in [0, 0.05) is 25.4 Å². The molecule has 4 rings (SSSR count). The number of aromatic nitrogens is 3. The van der Waals surface area contributed by atoms with Crippen molar-refractivity contribution >= 4 is 17.5 Å². The van der Waals surface area contributed by atoms with Crippen molar-refractivity contribution in [3.05, 3.63) is 78.1 Å². The molecule has 0 saturated carbocycles. The van der Waals surface area contributed by atoms with E-state index >= 15 is 0 Å². The van der Waals surface area contributed by atoms with Crippen molar-refractivity contribution in [1.29, 1.82) is 0 Å². The Balaban J connectivity index is 1.38. The van der Waals surface area contributed by atoms with Gasteiger partial charge in [0.15, 0.2) is 0 Å². The van der Waals surface area contributed by atoms with Gasteiger partial charge >= 0.3 is 0 Å². The first-order valence-corrected chi connectivity index (χ1v) is 9.82. The van der Waals surface area contributed by atoms with Gasteiger partial charge in [-0.2, -0.15) is 0 Å². The molecule has 1 aliphatic rings. The number of carbonyl (C=O) groups is 1. The average Bonchev–Trinajstić information content (AvgIpc) is 2.79. The first-order chi connectivity index (χ1) is 14.7. The molecule has 1 atom stereocenters. The third kappa shape index (κ3) is 4.96. The lowest BCUT2D eigenvalue weighted by Crippen LogP contribution is -2.42. The van der Waals surface area contributed by atoms with Crippen LogP contribution in [-0.2, 0) is 16.0 Å². The van der Waals surface area contributed by atoms with Crippen LogP contribution >= 0.6 is 0 Å². The zero-order valence-electron chi connectivity index (χ0n) is 16.4. The molecule has 1 aliphatic heterocycles. The predicted octanol–water partition coefficient (Wildman–Crippen LogP) is 3.29. The molecule has 1 aromatic carbocycles. The van der Waals surface area contributed by atoms with E-state index in [4.69, 9.17) is 4.74 Å². The van der Waals surface area contributed by atoms with Crippen molar-refractivity contribution in [3.8, 4) is 0 Å². The Morgan fingerprint density at radius 2 is 2.07 bits per heavy atom. The van der Waals surface area contributed by atoms with Gasteiger partial charge in [-0.3, -0.25) is 9.78 Å². The second-order valence-electron chi connectivity index (χ2n) is 6.95. The molecule has 8 heteroatoms. The van der Waals surface area contributed by atoms with E-state index in [0.29, 0.717) is 43.3 Å². The highest BCUT2D eigenvalue weighted by Gasteiger charge is 2.26. The van der Waals surface area contributed by atoms with Gasteiger partial charge in [-0.05, 0) is 30.2 Å². The second kappa shape index (κ2) is 9.41. The van der Waals surface area contributed by atoms with Crippen molar-refractivity contribution in [1.82, 2.24) is 19.9 Å². The standard InChI is InChI=1S/C22H22FN5O2/c23-17-5-2-1-4-16(17)8-9-22(29)28-12-13-30-19(15-28)18-6-3-7-20(26-18)27-21-14-24-10-11-25-21/h1-7,10-11,14,19H,8-9,12-13,15H2,(H,25,26,27)/t19-/m0/s1. The number of morpholine rings is 1. The molecule has 0 aliphatic carbocycles. The van der Waals surface area contributed by atoms with E-state index in [1.54, 1.807) is 41.7 Å². The predicted molar refractivity (Wildman–Crippen MR) is 110 cm³/mol. The number of ether oxygens (including phenoxy) is 1. The topological polar surface area (TPSA) is 80.2 Å². The molecule has 2 aromatic heterocycles. The second-order valence-corrected chi connectivity index (χ2v) is 6.95. The molecule has 3 aromatic rings. The van der Waals surface area contributed by atoms with Gasteiger partial charge in [0.1, 0.15) is 23.6 Å². The summed E-state index contributed by atoms with van der Waals surface area (Å²) in [6.45, 7) is 1.36. The molecule has 0 spiro atoms. The van der Waals surface area contributed by atoms with Crippen LogP contribution in [0, 0.1) is 5.82 Å². The normalized spacial score (nSPS) is 16.3. The highest BCUT2D eigenvalue weighted by molar-refractivity contribution is 5.76. The summed E-state index contributed by atoms with van der Waals surface area (Å²) in [4.78, 5) is 27.2. The van der Waals surface area contributed by atoms with E-state index in [-0.39, 0.29) is 24.2 Å². The largest absolute Gasteiger partial charge is 0.368 e. The maximum atomic E-state index is 13.8. The monoisotopic (exact) mass is 407 g/mol. The minimum absolute atomic E-state index is 0.0135. The maximum absolute atomic E-state index is 13.8. The van der Waals surface area contributed by atoms with Crippen LogP contribution in [0.4, 0.5) is 16.0 Å². The Morgan fingerprint density at radius 1 is 1.17 bits per heavy atom. The van der Waals surface area contributed by atoms with E-state index < -0.39 is 0 Å². The molecule has 1 amide bonds. The third-order valence-corrected chi connectivity index (χ3v) is 4.91. The van der Waals surface area contributed by atoms with Gasteiger partial charge in [-0.1, -0.05) is 24.3 Å². The highest BCUT2D eigenvalue weighted by Crippen LogP contribution is 2.23. The number of amides is 1. The zero-order chi connectivity index (χ0) is 20.8. The van der Waals surface area contributed by atoms with Crippen LogP contribution in [0.25, 0.3) is 0 Å². The number of rotatable bonds is 6. The van der Waals surface area contributed by atoms with E-state index in [1.807, 2.05) is 18.2 Å². The third-order valence-electron chi connectivity index (χ3n) is 4.91. The summed E-state index contributed by atoms with van der Waals surface area (Å²) < 4.78 is 19.7. The fourth-order valence-electron chi connectivity index (χ4n) is 3.35. The minimum atomic E-state index is -0.320. The van der Waals surface area contributed by atoms with Crippen molar-refractivity contribution < 1.29 is 13.9 Å². The lowest BCUT2D eigenvalue weighted by molar-refractivity contribution is -0.139. The summed E-state index contributed by atoms with van der Waals surface area (Å²) in [7, 11) is 0. The Labute approximate surface area is 174 Å². The van der Waals surface area contributed by atoms with Crippen LogP contribution in [-0.4, -0.2) is 45.5 Å². The highest BCUT2D eigenvalue weighted by atomic mass is 19.1. The number of pyridine rings is 1. The van der Waals surface area contributed by atoms with E-state index in [1.165, 1.54) is 6.07 Å². The van der Waals surface area contributed by atoms with Crippen LogP contribution in [0.1, 0.15) is 23.8 Å². The summed E-state index contributed by atoms with van der Waals surface area (Å²) in [5.74, 6) is 0.929. The van der Waals surface area contributed by atoms with Gasteiger partial charge in [-0.25, -0.2) is 14.4 Å². The quantitative estimate of drug-likeness (QED) is 0.676. The number of hydrogen-bond acceptors (Lipinski definition) is 6. The van der Waals surface area contributed by atoms with Gasteiger partial charge in [0.05, 0.1) is 25.0 Å². The number of halogens is 1. The molecule has 7 nitrogen and oxygen atoms in total. The smallest absolute Gasteiger partial charge is 0.223 e. The number of nitrogens with zero attached hydrogens (tertiary/aromatic N) is 4. The number of hydrogen-bond donors (Lipinski definition) is 1. The molecule has 1 saturated heterocycles. The number of benzene rings is 1. The summed E-state index contributed by atoms with van der Waals surface area (Å²) in [6.07, 6.45) is 5.13. The van der Waals surface area contributed by atoms with E-state index in [2.05, 4.69) is 20.3 Å². The zero-order valence-corrected chi connectivity index (χ0v) is 16.4. The molecular weight excluding hydrogens is 385 g/mol. The summed E-state index contributed by atoms with van der Waals surface area (Å²) in [5, 5.41) is 3.10. The van der Waals surface area contributed by atoms with Crippen molar-refractivity contribution in [2.75, 3.05) is 25.0 Å². The summed E-state index contributed by atoms with van der Waals surface area (Å²) >= 11 is 0. The van der Waals surface area contributed by atoms with Crippen molar-refractivity contribution in [2.45, 2.75) is 18.9 Å². The number of anilines is 2. The molecule has 0 bridgehead atoms. The Morgan fingerprint density at radius 3 is 2.90 bits per heavy atom. The fraction of sp³-hybridized carbons (Fsp3) is 0.273. The first kappa shape index (κ1) is 19.9. The van der Waals surface area contributed by atoms with Crippen LogP contribution in [0.5, 0.6) is 0 Å². The Kier molecular flexibility index (Phi) is 6.24. The molecule has 0 radical (unpaired) electrons. The lowest BCUT2D eigenvalue weighted by atomic mass is 10.1. The van der Waals surface area contributed by atoms with Crippen LogP contribution in [0.2, 0.25) is 0 Å². The molecule has 154 valence electrons. The van der Waals surface area contributed by atoms with Crippen LogP contribution in [0.15, 0.2) is 61.1 Å². The average molecular weight is 407 g/mol. The number of nitrogens with one attached hydrogen (secondary N) is 1. The van der Waals surface area contributed by atoms with E-state index in [9.17, 15) is 9.18 Å². The van der Waals surface area contributed by atoms with Gasteiger partial charge in [-0.15, -0.1) is 0 Å². The SMILES string of the molecule is O=C(CCc1ccccc1F)N1CCO[C@H](c2cccc(Nc3cnccn3)n2)C1. The Bertz CT molecular complexity index is 1000. The molecule has 0 unspecified atom stereocenters. The van der Waals surface area contributed by atoms with Crippen molar-refractivity contribution in [2.24, 2.45) is 0 Å². The molecule has 1 N–H and O–H groups in total. The summed E-state index contributed by atoms with van der Waals surface area (Å²) in [6, 6.07) is 12.1. The summed E-state index contributed by atoms with van der Waals surface area (Å²) in [5.41, 5.74) is 1.29. The van der Waals surface area contributed by atoms with Gasteiger partial charge in [0.2, 0.25) is 5.91 Å². The number of carbonyl (C=O) groups excluding carboxylic acids is 1. The molecule has 3 heterocycles. The van der Waals surface area contributed by atoms with Gasteiger partial charge < -0.3 is 15.0 Å². The molecular formula is C22H22FN5O2. The molecule has 30 heavy (non-hydrogen) atoms. The Hall–Kier alpha value is -3.39. The van der Waals surface area contributed by atoms with E-state index in [0.717, 1.165) is 5.69 Å². The first-order valence-electron chi connectivity index (χ1n) is 9.82. The van der Waals surface area contributed by atoms with Gasteiger partial charge in [0.25, 0.3) is 0 Å². The van der Waals surface area contributed by atoms with Crippen LogP contribution in [0.3, 0.4) is 0 Å². The maximum Gasteiger partial charge on any atom is 0.223 e. The number of aryl methyl sites for hydroxylation is 1. The lowest BCUT2D eigenvalue weighted by Gasteiger charge is -2.33. The minimum Gasteiger partial charge on any atom is -0.368 e. The molecule has 1 fully saturated rings. The van der Waals surface area contributed by atoms with Crippen molar-refractivity contribution in [3.63, 3.8) is 0 Å². The van der Waals surface area contributed by atoms with Crippen LogP contribution < -0.4 is 5.32 Å². The fourth-order valence-corrected chi connectivity index (χ4v) is 3.35.